The van der Waals surface area contributed by atoms with Crippen molar-refractivity contribution < 1.29 is 9.13 Å². The Hall–Kier alpha value is -5.84. The Morgan fingerprint density at radius 2 is 1.38 bits per heavy atom. The molecule has 0 amide bonds. The molecule has 52 heavy (non-hydrogen) atoms. The number of aryl methyl sites for hydroxylation is 3. The average Bonchev–Trinajstić information content (AvgIpc) is 3.82. The lowest BCUT2D eigenvalue weighted by Crippen LogP contribution is -2.53. The number of hydrogen-bond donors (Lipinski definition) is 0. The quantitative estimate of drug-likeness (QED) is 0.141. The Morgan fingerprint density at radius 3 is 2.27 bits per heavy atom. The summed E-state index contributed by atoms with van der Waals surface area (Å²) < 4.78 is 10.2. The number of allylic oxidation sites excluding steroid dienone is 1. The highest BCUT2D eigenvalue weighted by molar-refractivity contribution is 7.25. The van der Waals surface area contributed by atoms with Gasteiger partial charge in [0.1, 0.15) is 0 Å². The van der Waals surface area contributed by atoms with E-state index in [0.717, 1.165) is 18.5 Å². The summed E-state index contributed by atoms with van der Waals surface area (Å²) in [6.07, 6.45) is 6.51. The molecule has 0 radical (unpaired) electrons. The van der Waals surface area contributed by atoms with Crippen molar-refractivity contribution in [2.24, 2.45) is 0 Å². The molecule has 0 spiro atoms. The third-order valence-corrected chi connectivity index (χ3v) is 13.5. The average molecular weight is 686 g/mol. The molecule has 0 fully saturated rings. The number of thiophene rings is 1. The van der Waals surface area contributed by atoms with E-state index >= 15 is 0 Å². The summed E-state index contributed by atoms with van der Waals surface area (Å²) in [6.45, 7) is 9.51. The maximum atomic E-state index is 4.90. The van der Waals surface area contributed by atoms with E-state index in [4.69, 9.17) is 6.58 Å². The van der Waals surface area contributed by atoms with Crippen LogP contribution in [0.1, 0.15) is 40.6 Å². The first-order valence-electron chi connectivity index (χ1n) is 18.4. The summed E-state index contributed by atoms with van der Waals surface area (Å²) in [7, 11) is 0. The third-order valence-electron chi connectivity index (χ3n) is 12.4. The van der Waals surface area contributed by atoms with Crippen LogP contribution in [0, 0.1) is 13.8 Å². The van der Waals surface area contributed by atoms with Crippen LogP contribution < -0.4 is 9.13 Å². The van der Waals surface area contributed by atoms with E-state index in [2.05, 4.69) is 155 Å². The van der Waals surface area contributed by atoms with E-state index < -0.39 is 0 Å². The van der Waals surface area contributed by atoms with Gasteiger partial charge in [0.2, 0.25) is 23.1 Å². The molecular weight excluding hydrogens is 651 g/mol. The molecule has 2 aliphatic rings. The minimum absolute atomic E-state index is 0.0644. The highest BCUT2D eigenvalue weighted by atomic mass is 32.1. The fourth-order valence-corrected chi connectivity index (χ4v) is 11.4. The van der Waals surface area contributed by atoms with Crippen LogP contribution in [-0.2, 0) is 6.42 Å². The summed E-state index contributed by atoms with van der Waals surface area (Å²) in [5.41, 5.74) is 15.7. The van der Waals surface area contributed by atoms with E-state index in [1.807, 2.05) is 11.3 Å². The standard InChI is InChI=1S/C48H35N3S/c1-27-22-28(2)46-38-24-36-32-14-6-7-17-43(32)52-44(36)26-42(38)51-41-25-34-33-19-18-30-12-4-5-13-31(30)39-15-8-10-20-49(39)29(3)47(33)50-21-11-9-16-40(50)35(34)23-37(41)45(27)48(46)51/h4-17,20-26,33,47H,3,18-19H2,1-2H3/q+2. The van der Waals surface area contributed by atoms with Gasteiger partial charge in [-0.1, -0.05) is 42.5 Å². The molecular formula is C48H35N3S+2. The van der Waals surface area contributed by atoms with Crippen LogP contribution in [0.5, 0.6) is 0 Å². The zero-order valence-electron chi connectivity index (χ0n) is 29.2. The number of pyridine rings is 2. The van der Waals surface area contributed by atoms with Gasteiger partial charge in [-0.3, -0.25) is 0 Å². The van der Waals surface area contributed by atoms with Crippen LogP contribution in [0.4, 0.5) is 0 Å². The second-order valence-electron chi connectivity index (χ2n) is 15.1. The summed E-state index contributed by atoms with van der Waals surface area (Å²) in [6, 6.07) is 43.6. The lowest BCUT2D eigenvalue weighted by atomic mass is 9.78. The summed E-state index contributed by atoms with van der Waals surface area (Å²) >= 11 is 1.91. The van der Waals surface area contributed by atoms with Gasteiger partial charge in [-0.2, -0.15) is 9.13 Å². The van der Waals surface area contributed by atoms with Gasteiger partial charge >= 0.3 is 0 Å². The van der Waals surface area contributed by atoms with Crippen LogP contribution in [0.2, 0.25) is 0 Å². The van der Waals surface area contributed by atoms with Crippen molar-refractivity contribution in [3.8, 4) is 22.5 Å². The molecule has 12 rings (SSSR count). The Labute approximate surface area is 305 Å². The van der Waals surface area contributed by atoms with Crippen molar-refractivity contribution in [1.82, 2.24) is 4.40 Å². The largest absolute Gasteiger partial charge is 0.308 e. The molecule has 3 nitrogen and oxygen atoms in total. The monoisotopic (exact) mass is 685 g/mol. The van der Waals surface area contributed by atoms with Crippen LogP contribution in [-0.4, -0.2) is 4.40 Å². The number of aromatic nitrogens is 3. The molecule has 0 bridgehead atoms. The molecule has 4 heteroatoms. The topological polar surface area (TPSA) is 12.2 Å². The zero-order valence-corrected chi connectivity index (χ0v) is 30.0. The molecule has 2 aliphatic heterocycles. The summed E-state index contributed by atoms with van der Waals surface area (Å²) in [5, 5.41) is 8.17. The van der Waals surface area contributed by atoms with Gasteiger partial charge in [-0.15, -0.1) is 11.3 Å². The van der Waals surface area contributed by atoms with Gasteiger partial charge in [0.15, 0.2) is 12.4 Å². The van der Waals surface area contributed by atoms with E-state index in [0.29, 0.717) is 0 Å². The van der Waals surface area contributed by atoms with Crippen LogP contribution >= 0.6 is 11.3 Å². The van der Waals surface area contributed by atoms with Crippen LogP contribution in [0.25, 0.3) is 86.5 Å². The molecule has 10 aromatic rings. The lowest BCUT2D eigenvalue weighted by molar-refractivity contribution is -0.727. The number of benzene rings is 5. The number of fused-ring (bicyclic) bond motifs is 18. The first-order chi connectivity index (χ1) is 25.5. The van der Waals surface area contributed by atoms with Gasteiger partial charge in [-0.25, -0.2) is 0 Å². The second kappa shape index (κ2) is 10.1. The van der Waals surface area contributed by atoms with Crippen LogP contribution in [0.3, 0.4) is 0 Å². The third kappa shape index (κ3) is 3.60. The molecule has 0 saturated carbocycles. The fourth-order valence-electron chi connectivity index (χ4n) is 10.3. The van der Waals surface area contributed by atoms with E-state index in [1.165, 1.54) is 103 Å². The number of hydrogen-bond acceptors (Lipinski definition) is 1. The molecule has 2 unspecified atom stereocenters. The fraction of sp³-hybridized carbons (Fsp3) is 0.125. The van der Waals surface area contributed by atoms with Crippen molar-refractivity contribution in [3.63, 3.8) is 0 Å². The highest BCUT2D eigenvalue weighted by Crippen LogP contribution is 2.50. The number of nitrogens with zero attached hydrogens (tertiary/aromatic N) is 3. The molecule has 246 valence electrons. The predicted molar refractivity (Wildman–Crippen MR) is 217 cm³/mol. The van der Waals surface area contributed by atoms with Crippen molar-refractivity contribution in [2.45, 2.75) is 38.6 Å². The summed E-state index contributed by atoms with van der Waals surface area (Å²) in [5.74, 6) is 0.234. The SMILES string of the molecule is C=C1C2C(CCc3ccccc3-c3cccc[n+]31)c1cc3c(cc1-c1cccc[n+]12)c1c(C)cc(C)c2c4cc5c(cc4n3c12)sc1ccccc15. The lowest BCUT2D eigenvalue weighted by Gasteiger charge is -2.29. The molecule has 0 N–H and O–H groups in total. The maximum Gasteiger partial charge on any atom is 0.249 e. The first kappa shape index (κ1) is 28.8. The molecule has 7 heterocycles. The molecule has 5 aromatic carbocycles. The van der Waals surface area contributed by atoms with Gasteiger partial charge in [0, 0.05) is 71.5 Å². The second-order valence-corrected chi connectivity index (χ2v) is 16.1. The molecule has 2 atom stereocenters. The normalized spacial score (nSPS) is 16.9. The smallest absolute Gasteiger partial charge is 0.249 e. The van der Waals surface area contributed by atoms with Gasteiger partial charge in [-0.05, 0) is 104 Å². The predicted octanol–water partition coefficient (Wildman–Crippen LogP) is 11.5. The minimum Gasteiger partial charge on any atom is -0.308 e. The van der Waals surface area contributed by atoms with Crippen molar-refractivity contribution in [1.29, 1.82) is 0 Å². The zero-order chi connectivity index (χ0) is 34.4. The molecule has 0 aliphatic carbocycles. The van der Waals surface area contributed by atoms with Gasteiger partial charge in [0.25, 0.3) is 0 Å². The Morgan fingerprint density at radius 1 is 0.654 bits per heavy atom. The Bertz CT molecular complexity index is 3200. The maximum absolute atomic E-state index is 4.90. The van der Waals surface area contributed by atoms with E-state index in [9.17, 15) is 0 Å². The number of rotatable bonds is 0. The van der Waals surface area contributed by atoms with Crippen molar-refractivity contribution in [2.75, 3.05) is 0 Å². The van der Waals surface area contributed by atoms with Crippen molar-refractivity contribution >= 4 is 75.3 Å². The first-order valence-corrected chi connectivity index (χ1v) is 19.2. The van der Waals surface area contributed by atoms with E-state index in [1.54, 1.807) is 0 Å². The van der Waals surface area contributed by atoms with E-state index in [-0.39, 0.29) is 12.0 Å². The van der Waals surface area contributed by atoms with Gasteiger partial charge < -0.3 is 4.40 Å². The molecule has 5 aromatic heterocycles. The van der Waals surface area contributed by atoms with Crippen molar-refractivity contribution in [3.05, 3.63) is 156 Å². The van der Waals surface area contributed by atoms with Gasteiger partial charge in [0.05, 0.1) is 28.0 Å². The summed E-state index contributed by atoms with van der Waals surface area (Å²) in [4.78, 5) is 0. The Kier molecular flexibility index (Phi) is 5.62. The van der Waals surface area contributed by atoms with Crippen LogP contribution in [0.15, 0.2) is 134 Å². The Balaban J connectivity index is 1.20. The highest BCUT2D eigenvalue weighted by Gasteiger charge is 2.47. The molecule has 0 saturated heterocycles. The minimum atomic E-state index is 0.0644.